The van der Waals surface area contributed by atoms with Gasteiger partial charge in [-0.15, -0.1) is 12.4 Å². The molecule has 0 amide bonds. The van der Waals surface area contributed by atoms with Crippen molar-refractivity contribution in [1.82, 2.24) is 4.98 Å². The Bertz CT molecular complexity index is 475. The molecular weight excluding hydrogens is 208 g/mol. The van der Waals surface area contributed by atoms with E-state index in [1.807, 2.05) is 0 Å². The highest BCUT2D eigenvalue weighted by Crippen LogP contribution is 2.32. The Morgan fingerprint density at radius 3 is 2.93 bits per heavy atom. The van der Waals surface area contributed by atoms with Crippen molar-refractivity contribution in [1.29, 1.82) is 0 Å². The van der Waals surface area contributed by atoms with E-state index >= 15 is 0 Å². The second-order valence-corrected chi connectivity index (χ2v) is 4.06. The van der Waals surface area contributed by atoms with Crippen molar-refractivity contribution in [3.05, 3.63) is 35.5 Å². The lowest BCUT2D eigenvalue weighted by Gasteiger charge is -2.18. The fraction of sp³-hybridized carbons (Fsp3) is 0.333. The lowest BCUT2D eigenvalue weighted by atomic mass is 9.92. The molecule has 0 saturated carbocycles. The molecule has 1 aliphatic carbocycles. The molecule has 2 aromatic rings. The third-order valence-electron chi connectivity index (χ3n) is 3.16. The molecule has 0 bridgehead atoms. The summed E-state index contributed by atoms with van der Waals surface area (Å²) in [6, 6.07) is 8.68. The van der Waals surface area contributed by atoms with Gasteiger partial charge in [-0.3, -0.25) is 0 Å². The first kappa shape index (κ1) is 10.5. The molecule has 1 atom stereocenters. The summed E-state index contributed by atoms with van der Waals surface area (Å²) in [5.74, 6) is 0. The van der Waals surface area contributed by atoms with Crippen LogP contribution in [-0.4, -0.2) is 4.98 Å². The highest BCUT2D eigenvalue weighted by atomic mass is 35.5. The minimum atomic E-state index is 0. The highest BCUT2D eigenvalue weighted by Gasteiger charge is 2.20. The number of benzene rings is 1. The Balaban J connectivity index is 0.000000853. The third kappa shape index (κ3) is 1.54. The van der Waals surface area contributed by atoms with Crippen molar-refractivity contribution in [2.45, 2.75) is 25.3 Å². The van der Waals surface area contributed by atoms with Crippen LogP contribution in [0.4, 0.5) is 0 Å². The standard InChI is InChI=1S/C12H14N2.ClH/c13-10-6-3-5-9-8-4-1-2-7-11(8)14-12(9)10;/h1-2,4,7,10,14H,3,5-6,13H2;1H. The van der Waals surface area contributed by atoms with Crippen molar-refractivity contribution in [2.75, 3.05) is 0 Å². The zero-order valence-electron chi connectivity index (χ0n) is 8.49. The maximum atomic E-state index is 6.08. The molecule has 0 radical (unpaired) electrons. The number of hydrogen-bond acceptors (Lipinski definition) is 1. The zero-order valence-corrected chi connectivity index (χ0v) is 9.31. The summed E-state index contributed by atoms with van der Waals surface area (Å²) in [4.78, 5) is 3.44. The molecule has 0 saturated heterocycles. The smallest absolute Gasteiger partial charge is 0.0459 e. The number of aromatic nitrogens is 1. The number of rotatable bonds is 0. The second-order valence-electron chi connectivity index (χ2n) is 4.06. The molecule has 0 aliphatic heterocycles. The minimum absolute atomic E-state index is 0. The molecule has 3 rings (SSSR count). The summed E-state index contributed by atoms with van der Waals surface area (Å²) in [7, 11) is 0. The van der Waals surface area contributed by atoms with Gasteiger partial charge < -0.3 is 10.7 Å². The fourth-order valence-corrected chi connectivity index (χ4v) is 2.45. The van der Waals surface area contributed by atoms with Crippen molar-refractivity contribution in [3.8, 4) is 0 Å². The number of hydrogen-bond donors (Lipinski definition) is 2. The van der Waals surface area contributed by atoms with Gasteiger partial charge in [0.1, 0.15) is 0 Å². The number of aromatic amines is 1. The van der Waals surface area contributed by atoms with Crippen LogP contribution in [0.15, 0.2) is 24.3 Å². The Labute approximate surface area is 95.3 Å². The molecule has 0 spiro atoms. The fourth-order valence-electron chi connectivity index (χ4n) is 2.45. The Morgan fingerprint density at radius 1 is 1.27 bits per heavy atom. The van der Waals surface area contributed by atoms with E-state index in [-0.39, 0.29) is 18.4 Å². The number of para-hydroxylation sites is 1. The maximum Gasteiger partial charge on any atom is 0.0459 e. The van der Waals surface area contributed by atoms with Gasteiger partial charge in [-0.25, -0.2) is 0 Å². The van der Waals surface area contributed by atoms with E-state index in [0.29, 0.717) is 0 Å². The topological polar surface area (TPSA) is 41.8 Å². The van der Waals surface area contributed by atoms with Crippen LogP contribution in [0.25, 0.3) is 10.9 Å². The molecule has 1 heterocycles. The number of H-pyrrole nitrogens is 1. The van der Waals surface area contributed by atoms with E-state index in [4.69, 9.17) is 5.73 Å². The number of nitrogens with one attached hydrogen (secondary N) is 1. The van der Waals surface area contributed by atoms with E-state index in [9.17, 15) is 0 Å². The largest absolute Gasteiger partial charge is 0.357 e. The molecule has 3 heteroatoms. The molecule has 1 unspecified atom stereocenters. The summed E-state index contributed by atoms with van der Waals surface area (Å²) in [6.45, 7) is 0. The first-order valence-corrected chi connectivity index (χ1v) is 5.21. The van der Waals surface area contributed by atoms with Crippen molar-refractivity contribution in [3.63, 3.8) is 0 Å². The van der Waals surface area contributed by atoms with E-state index in [1.54, 1.807) is 0 Å². The summed E-state index contributed by atoms with van der Waals surface area (Å²) in [5, 5.41) is 1.36. The Morgan fingerprint density at radius 2 is 2.07 bits per heavy atom. The summed E-state index contributed by atoms with van der Waals surface area (Å²) < 4.78 is 0. The first-order valence-electron chi connectivity index (χ1n) is 5.21. The first-order chi connectivity index (χ1) is 6.86. The molecule has 15 heavy (non-hydrogen) atoms. The van der Waals surface area contributed by atoms with E-state index < -0.39 is 0 Å². The van der Waals surface area contributed by atoms with Crippen LogP contribution >= 0.6 is 12.4 Å². The maximum absolute atomic E-state index is 6.08. The zero-order chi connectivity index (χ0) is 9.54. The lowest BCUT2D eigenvalue weighted by Crippen LogP contribution is -2.16. The van der Waals surface area contributed by atoms with Crippen molar-refractivity contribution < 1.29 is 0 Å². The van der Waals surface area contributed by atoms with Gasteiger partial charge >= 0.3 is 0 Å². The molecular formula is C12H15ClN2. The summed E-state index contributed by atoms with van der Waals surface area (Å²) in [5.41, 5.74) is 10.0. The third-order valence-corrected chi connectivity index (χ3v) is 3.16. The van der Waals surface area contributed by atoms with Gasteiger partial charge in [0.15, 0.2) is 0 Å². The van der Waals surface area contributed by atoms with Crippen LogP contribution in [-0.2, 0) is 6.42 Å². The van der Waals surface area contributed by atoms with Crippen LogP contribution in [0.3, 0.4) is 0 Å². The number of nitrogens with two attached hydrogens (primary N) is 1. The Hall–Kier alpha value is -0.990. The molecule has 2 nitrogen and oxygen atoms in total. The van der Waals surface area contributed by atoms with Crippen LogP contribution in [0.5, 0.6) is 0 Å². The molecule has 1 aliphatic rings. The molecule has 80 valence electrons. The monoisotopic (exact) mass is 222 g/mol. The summed E-state index contributed by atoms with van der Waals surface area (Å²) in [6.07, 6.45) is 3.50. The predicted octanol–water partition coefficient (Wildman–Crippen LogP) is 2.93. The number of fused-ring (bicyclic) bond motifs is 3. The van der Waals surface area contributed by atoms with E-state index in [1.165, 1.54) is 35.0 Å². The van der Waals surface area contributed by atoms with Gasteiger partial charge in [-0.05, 0) is 30.9 Å². The summed E-state index contributed by atoms with van der Waals surface area (Å²) >= 11 is 0. The molecule has 0 fully saturated rings. The normalized spacial score (nSPS) is 19.7. The quantitative estimate of drug-likeness (QED) is 0.707. The number of halogens is 1. The second kappa shape index (κ2) is 3.87. The average Bonchev–Trinajstić information content (AvgIpc) is 2.59. The van der Waals surface area contributed by atoms with Crippen molar-refractivity contribution in [2.24, 2.45) is 5.73 Å². The Kier molecular flexibility index (Phi) is 2.72. The minimum Gasteiger partial charge on any atom is -0.357 e. The predicted molar refractivity (Wildman–Crippen MR) is 65.4 cm³/mol. The molecule has 1 aromatic heterocycles. The molecule has 3 N–H and O–H groups in total. The van der Waals surface area contributed by atoms with Gasteiger partial charge in [-0.1, -0.05) is 18.2 Å². The van der Waals surface area contributed by atoms with Crippen LogP contribution in [0, 0.1) is 0 Å². The van der Waals surface area contributed by atoms with Gasteiger partial charge in [0, 0.05) is 22.6 Å². The van der Waals surface area contributed by atoms with E-state index in [0.717, 1.165) is 6.42 Å². The average molecular weight is 223 g/mol. The van der Waals surface area contributed by atoms with E-state index in [2.05, 4.69) is 29.2 Å². The van der Waals surface area contributed by atoms with Crippen LogP contribution in [0.2, 0.25) is 0 Å². The van der Waals surface area contributed by atoms with Crippen molar-refractivity contribution >= 4 is 23.3 Å². The molecule has 1 aromatic carbocycles. The van der Waals surface area contributed by atoms with Crippen LogP contribution < -0.4 is 5.73 Å². The number of aryl methyl sites for hydroxylation is 1. The van der Waals surface area contributed by atoms with Gasteiger partial charge in [0.25, 0.3) is 0 Å². The lowest BCUT2D eigenvalue weighted by molar-refractivity contribution is 0.562. The van der Waals surface area contributed by atoms with Gasteiger partial charge in [0.2, 0.25) is 0 Å². The SMILES string of the molecule is Cl.NC1CCCc2c1[nH]c1ccccc21. The van der Waals surface area contributed by atoms with Gasteiger partial charge in [-0.2, -0.15) is 0 Å². The van der Waals surface area contributed by atoms with Gasteiger partial charge in [0.05, 0.1) is 0 Å². The highest BCUT2D eigenvalue weighted by molar-refractivity contribution is 5.85. The van der Waals surface area contributed by atoms with Crippen LogP contribution in [0.1, 0.15) is 30.1 Å².